The van der Waals surface area contributed by atoms with E-state index in [9.17, 15) is 9.59 Å². The first-order chi connectivity index (χ1) is 14.0. The van der Waals surface area contributed by atoms with Gasteiger partial charge in [0.15, 0.2) is 0 Å². The van der Waals surface area contributed by atoms with Crippen molar-refractivity contribution < 1.29 is 9.59 Å². The standard InChI is InChI=1S/C22H21BrN4O2/c1-14-8-17(21(28)26-11-16-4-2-15(10-24)3-5-16)6-7-20(14)27-22(29)18-9-19(23)13-25-12-18/h2-9,12-13H,10-11,24H2,1H3,(H,26,28)(H,27,29). The maximum absolute atomic E-state index is 12.5. The van der Waals surface area contributed by atoms with E-state index in [1.165, 1.54) is 6.20 Å². The molecule has 0 spiro atoms. The van der Waals surface area contributed by atoms with Gasteiger partial charge in [-0.05, 0) is 63.8 Å². The van der Waals surface area contributed by atoms with Gasteiger partial charge in [-0.2, -0.15) is 0 Å². The second-order valence-corrected chi connectivity index (χ2v) is 7.49. The number of benzene rings is 2. The van der Waals surface area contributed by atoms with Gasteiger partial charge in [0, 0.05) is 41.2 Å². The number of anilines is 1. The third kappa shape index (κ3) is 5.49. The fourth-order valence-electron chi connectivity index (χ4n) is 2.75. The smallest absolute Gasteiger partial charge is 0.257 e. The Balaban J connectivity index is 1.63. The number of rotatable bonds is 6. The fourth-order valence-corrected chi connectivity index (χ4v) is 3.12. The Bertz CT molecular complexity index is 1040. The average Bonchev–Trinajstić information content (AvgIpc) is 2.73. The summed E-state index contributed by atoms with van der Waals surface area (Å²) < 4.78 is 0.728. The molecule has 2 aromatic carbocycles. The van der Waals surface area contributed by atoms with Gasteiger partial charge >= 0.3 is 0 Å². The lowest BCUT2D eigenvalue weighted by Gasteiger charge is -2.11. The van der Waals surface area contributed by atoms with Gasteiger partial charge in [-0.3, -0.25) is 14.6 Å². The monoisotopic (exact) mass is 452 g/mol. The van der Waals surface area contributed by atoms with Gasteiger partial charge in [0.1, 0.15) is 0 Å². The zero-order chi connectivity index (χ0) is 20.8. The van der Waals surface area contributed by atoms with E-state index in [2.05, 4.69) is 31.5 Å². The van der Waals surface area contributed by atoms with Gasteiger partial charge < -0.3 is 16.4 Å². The van der Waals surface area contributed by atoms with Gasteiger partial charge in [-0.15, -0.1) is 0 Å². The van der Waals surface area contributed by atoms with Gasteiger partial charge in [-0.25, -0.2) is 0 Å². The zero-order valence-electron chi connectivity index (χ0n) is 15.9. The van der Waals surface area contributed by atoms with Crippen LogP contribution in [0.15, 0.2) is 65.4 Å². The van der Waals surface area contributed by atoms with Crippen molar-refractivity contribution in [2.45, 2.75) is 20.0 Å². The lowest BCUT2D eigenvalue weighted by molar-refractivity contribution is 0.0950. The van der Waals surface area contributed by atoms with E-state index in [-0.39, 0.29) is 11.8 Å². The summed E-state index contributed by atoms with van der Waals surface area (Å²) in [4.78, 5) is 28.8. The number of halogens is 1. The van der Waals surface area contributed by atoms with E-state index < -0.39 is 0 Å². The predicted octanol–water partition coefficient (Wildman–Crippen LogP) is 3.79. The highest BCUT2D eigenvalue weighted by molar-refractivity contribution is 9.10. The van der Waals surface area contributed by atoms with Crippen molar-refractivity contribution in [3.05, 3.63) is 93.2 Å². The first-order valence-electron chi connectivity index (χ1n) is 9.05. The van der Waals surface area contributed by atoms with Crippen molar-refractivity contribution in [2.75, 3.05) is 5.32 Å². The Labute approximate surface area is 177 Å². The van der Waals surface area contributed by atoms with Gasteiger partial charge in [0.05, 0.1) is 5.56 Å². The van der Waals surface area contributed by atoms with Crippen molar-refractivity contribution in [1.29, 1.82) is 0 Å². The van der Waals surface area contributed by atoms with Crippen molar-refractivity contribution in [3.63, 3.8) is 0 Å². The van der Waals surface area contributed by atoms with E-state index in [0.29, 0.717) is 29.9 Å². The number of aryl methyl sites for hydroxylation is 1. The summed E-state index contributed by atoms with van der Waals surface area (Å²) in [6.45, 7) is 2.76. The highest BCUT2D eigenvalue weighted by atomic mass is 79.9. The first-order valence-corrected chi connectivity index (χ1v) is 9.84. The summed E-state index contributed by atoms with van der Waals surface area (Å²) in [6, 6.07) is 14.7. The number of carbonyl (C=O) groups excluding carboxylic acids is 2. The summed E-state index contributed by atoms with van der Waals surface area (Å²) in [5.74, 6) is -0.440. The van der Waals surface area contributed by atoms with Crippen LogP contribution < -0.4 is 16.4 Å². The molecule has 0 aliphatic heterocycles. The first kappa shape index (κ1) is 20.7. The molecule has 0 aliphatic rings. The Morgan fingerprint density at radius 1 is 0.966 bits per heavy atom. The molecule has 3 rings (SSSR count). The van der Waals surface area contributed by atoms with Crippen LogP contribution in [0.2, 0.25) is 0 Å². The van der Waals surface area contributed by atoms with E-state index in [4.69, 9.17) is 5.73 Å². The van der Waals surface area contributed by atoms with Gasteiger partial charge in [-0.1, -0.05) is 24.3 Å². The largest absolute Gasteiger partial charge is 0.348 e. The van der Waals surface area contributed by atoms with Crippen LogP contribution in [0.4, 0.5) is 5.69 Å². The van der Waals surface area contributed by atoms with Crippen molar-refractivity contribution >= 4 is 33.4 Å². The topological polar surface area (TPSA) is 97.1 Å². The highest BCUT2D eigenvalue weighted by Gasteiger charge is 2.11. The van der Waals surface area contributed by atoms with E-state index in [1.807, 2.05) is 31.2 Å². The molecule has 0 saturated heterocycles. The van der Waals surface area contributed by atoms with Crippen molar-refractivity contribution in [1.82, 2.24) is 10.3 Å². The Hall–Kier alpha value is -3.03. The van der Waals surface area contributed by atoms with Crippen molar-refractivity contribution in [2.24, 2.45) is 5.73 Å². The molecule has 0 aliphatic carbocycles. The third-order valence-electron chi connectivity index (χ3n) is 4.42. The summed E-state index contributed by atoms with van der Waals surface area (Å²) in [5.41, 5.74) is 10.1. The van der Waals surface area contributed by atoms with Crippen LogP contribution in [0.25, 0.3) is 0 Å². The Morgan fingerprint density at radius 3 is 2.34 bits per heavy atom. The summed E-state index contributed by atoms with van der Waals surface area (Å²) >= 11 is 3.30. The molecule has 3 aromatic rings. The van der Waals surface area contributed by atoms with Crippen LogP contribution >= 0.6 is 15.9 Å². The second kappa shape index (κ2) is 9.45. The molecule has 1 aromatic heterocycles. The van der Waals surface area contributed by atoms with Gasteiger partial charge in [0.2, 0.25) is 0 Å². The van der Waals surface area contributed by atoms with E-state index in [0.717, 1.165) is 21.2 Å². The number of amides is 2. The summed E-state index contributed by atoms with van der Waals surface area (Å²) in [5, 5.41) is 5.75. The predicted molar refractivity (Wildman–Crippen MR) is 117 cm³/mol. The molecule has 6 nitrogen and oxygen atoms in total. The lowest BCUT2D eigenvalue weighted by Crippen LogP contribution is -2.23. The second-order valence-electron chi connectivity index (χ2n) is 6.58. The van der Waals surface area contributed by atoms with Crippen LogP contribution in [0, 0.1) is 6.92 Å². The molecule has 148 valence electrons. The highest BCUT2D eigenvalue weighted by Crippen LogP contribution is 2.18. The van der Waals surface area contributed by atoms with Crippen molar-refractivity contribution in [3.8, 4) is 0 Å². The Morgan fingerprint density at radius 2 is 1.69 bits per heavy atom. The lowest BCUT2D eigenvalue weighted by atomic mass is 10.1. The number of pyridine rings is 1. The molecular weight excluding hydrogens is 432 g/mol. The molecule has 4 N–H and O–H groups in total. The molecular formula is C22H21BrN4O2. The normalized spacial score (nSPS) is 10.4. The molecule has 7 heteroatoms. The summed E-state index contributed by atoms with van der Waals surface area (Å²) in [7, 11) is 0. The number of nitrogens with one attached hydrogen (secondary N) is 2. The molecule has 0 radical (unpaired) electrons. The molecule has 0 unspecified atom stereocenters. The number of nitrogens with two attached hydrogens (primary N) is 1. The Kier molecular flexibility index (Phi) is 6.74. The maximum atomic E-state index is 12.5. The van der Waals surface area contributed by atoms with Gasteiger partial charge in [0.25, 0.3) is 11.8 Å². The molecule has 0 fully saturated rings. The van der Waals surface area contributed by atoms with E-state index >= 15 is 0 Å². The third-order valence-corrected chi connectivity index (χ3v) is 4.85. The number of nitrogens with zero attached hydrogens (tertiary/aromatic N) is 1. The molecule has 0 bridgehead atoms. The molecule has 2 amide bonds. The minimum absolute atomic E-state index is 0.176. The van der Waals surface area contributed by atoms with Crippen LogP contribution in [0.3, 0.4) is 0 Å². The molecule has 0 saturated carbocycles. The summed E-state index contributed by atoms with van der Waals surface area (Å²) in [6.07, 6.45) is 3.11. The number of hydrogen-bond acceptors (Lipinski definition) is 4. The number of aromatic nitrogens is 1. The number of hydrogen-bond donors (Lipinski definition) is 3. The SMILES string of the molecule is Cc1cc(C(=O)NCc2ccc(CN)cc2)ccc1NC(=O)c1cncc(Br)c1. The van der Waals surface area contributed by atoms with Crippen LogP contribution in [-0.2, 0) is 13.1 Å². The average molecular weight is 453 g/mol. The number of carbonyl (C=O) groups is 2. The van der Waals surface area contributed by atoms with Crippen LogP contribution in [0.5, 0.6) is 0 Å². The quantitative estimate of drug-likeness (QED) is 0.529. The van der Waals surface area contributed by atoms with Crippen LogP contribution in [-0.4, -0.2) is 16.8 Å². The van der Waals surface area contributed by atoms with Crippen LogP contribution in [0.1, 0.15) is 37.4 Å². The molecule has 29 heavy (non-hydrogen) atoms. The molecule has 1 heterocycles. The van der Waals surface area contributed by atoms with E-state index in [1.54, 1.807) is 30.5 Å². The minimum Gasteiger partial charge on any atom is -0.348 e. The zero-order valence-corrected chi connectivity index (χ0v) is 17.5. The maximum Gasteiger partial charge on any atom is 0.257 e. The molecule has 0 atom stereocenters. The minimum atomic E-state index is -0.264. The fraction of sp³-hybridized carbons (Fsp3) is 0.136.